The van der Waals surface area contributed by atoms with E-state index in [2.05, 4.69) is 0 Å². The van der Waals surface area contributed by atoms with Crippen LogP contribution in [0.1, 0.15) is 32.8 Å². The molecule has 4 heteroatoms. The van der Waals surface area contributed by atoms with Gasteiger partial charge in [-0.25, -0.2) is 4.39 Å². The average Bonchev–Trinajstić information content (AvgIpc) is 3.01. The van der Waals surface area contributed by atoms with E-state index in [1.165, 1.54) is 6.07 Å². The van der Waals surface area contributed by atoms with Gasteiger partial charge in [-0.3, -0.25) is 4.79 Å². The average molecular weight is 265 g/mol. The highest BCUT2D eigenvalue weighted by Crippen LogP contribution is 2.62. The number of carbonyl (C=O) groups is 1. The highest BCUT2D eigenvalue weighted by molar-refractivity contribution is 5.79. The molecule has 1 aliphatic carbocycles. The third-order valence-corrected chi connectivity index (χ3v) is 4.16. The highest BCUT2D eigenvalue weighted by Gasteiger charge is 2.64. The number of carboxylic acid groups (broad SMARTS) is 1. The summed E-state index contributed by atoms with van der Waals surface area (Å²) < 4.78 is 13.9. The van der Waals surface area contributed by atoms with E-state index < -0.39 is 17.2 Å². The molecule has 104 valence electrons. The lowest BCUT2D eigenvalue weighted by Gasteiger charge is -2.22. The van der Waals surface area contributed by atoms with Crippen LogP contribution in [0.3, 0.4) is 0 Å². The summed E-state index contributed by atoms with van der Waals surface area (Å²) in [5, 5.41) is 9.51. The van der Waals surface area contributed by atoms with Gasteiger partial charge in [-0.1, -0.05) is 32.9 Å². The first-order valence-corrected chi connectivity index (χ1v) is 6.45. The summed E-state index contributed by atoms with van der Waals surface area (Å²) in [7, 11) is 0. The smallest absolute Gasteiger partial charge is 0.310 e. The molecule has 2 atom stereocenters. The van der Waals surface area contributed by atoms with Gasteiger partial charge in [0.15, 0.2) is 0 Å². The molecule has 19 heavy (non-hydrogen) atoms. The SMILES string of the molecule is CC(C)(C)C1CC1(Cc1cccc(N)c1F)C(=O)O. The third kappa shape index (κ3) is 2.31. The maximum absolute atomic E-state index is 13.9. The molecular weight excluding hydrogens is 245 g/mol. The minimum absolute atomic E-state index is 0.0679. The number of halogens is 1. The van der Waals surface area contributed by atoms with Gasteiger partial charge >= 0.3 is 5.97 Å². The lowest BCUT2D eigenvalue weighted by atomic mass is 9.82. The van der Waals surface area contributed by atoms with Crippen molar-refractivity contribution in [1.29, 1.82) is 0 Å². The maximum Gasteiger partial charge on any atom is 0.310 e. The lowest BCUT2D eigenvalue weighted by Crippen LogP contribution is -2.26. The summed E-state index contributed by atoms with van der Waals surface area (Å²) in [6, 6.07) is 4.77. The molecule has 2 unspecified atom stereocenters. The monoisotopic (exact) mass is 265 g/mol. The van der Waals surface area contributed by atoms with E-state index >= 15 is 0 Å². The van der Waals surface area contributed by atoms with Crippen molar-refractivity contribution in [3.8, 4) is 0 Å². The van der Waals surface area contributed by atoms with Crippen LogP contribution in [0.25, 0.3) is 0 Å². The lowest BCUT2D eigenvalue weighted by molar-refractivity contribution is -0.144. The van der Waals surface area contributed by atoms with Gasteiger partial charge in [0, 0.05) is 0 Å². The van der Waals surface area contributed by atoms with Crippen molar-refractivity contribution >= 4 is 11.7 Å². The number of anilines is 1. The van der Waals surface area contributed by atoms with Crippen molar-refractivity contribution in [2.75, 3.05) is 5.73 Å². The predicted octanol–water partition coefficient (Wildman–Crippen LogP) is 3.09. The standard InChI is InChI=1S/C15H20FNO2/c1-14(2,3)11-8-15(11,13(18)19)7-9-5-4-6-10(17)12(9)16/h4-6,11H,7-8,17H2,1-3H3,(H,18,19). The van der Waals surface area contributed by atoms with Crippen molar-refractivity contribution in [1.82, 2.24) is 0 Å². The molecule has 0 aliphatic heterocycles. The summed E-state index contributed by atoms with van der Waals surface area (Å²) in [5.41, 5.74) is 5.08. The van der Waals surface area contributed by atoms with Gasteiger partial charge in [0.05, 0.1) is 11.1 Å². The fraction of sp³-hybridized carbons (Fsp3) is 0.533. The molecule has 0 spiro atoms. The van der Waals surface area contributed by atoms with Crippen molar-refractivity contribution in [3.63, 3.8) is 0 Å². The van der Waals surface area contributed by atoms with Crippen LogP contribution in [0.4, 0.5) is 10.1 Å². The van der Waals surface area contributed by atoms with Gasteiger partial charge < -0.3 is 10.8 Å². The van der Waals surface area contributed by atoms with E-state index in [-0.39, 0.29) is 23.4 Å². The Hall–Kier alpha value is -1.58. The van der Waals surface area contributed by atoms with Gasteiger partial charge in [-0.05, 0) is 35.8 Å². The fourth-order valence-electron chi connectivity index (χ4n) is 3.02. The minimum atomic E-state index is -0.840. The van der Waals surface area contributed by atoms with Gasteiger partial charge in [0.1, 0.15) is 5.82 Å². The number of nitrogen functional groups attached to an aromatic ring is 1. The number of rotatable bonds is 3. The first-order valence-electron chi connectivity index (χ1n) is 6.45. The zero-order valence-electron chi connectivity index (χ0n) is 11.5. The van der Waals surface area contributed by atoms with Gasteiger partial charge in [-0.2, -0.15) is 0 Å². The maximum atomic E-state index is 13.9. The normalized spacial score (nSPS) is 26.2. The molecule has 1 saturated carbocycles. The fourth-order valence-corrected chi connectivity index (χ4v) is 3.02. The van der Waals surface area contributed by atoms with Crippen LogP contribution in [0, 0.1) is 22.6 Å². The van der Waals surface area contributed by atoms with Crippen LogP contribution in [0.15, 0.2) is 18.2 Å². The minimum Gasteiger partial charge on any atom is -0.481 e. The number of benzene rings is 1. The zero-order valence-corrected chi connectivity index (χ0v) is 11.5. The van der Waals surface area contributed by atoms with E-state index in [4.69, 9.17) is 5.73 Å². The number of hydrogen-bond acceptors (Lipinski definition) is 2. The number of carboxylic acids is 1. The number of hydrogen-bond donors (Lipinski definition) is 2. The Labute approximate surface area is 112 Å². The summed E-state index contributed by atoms with van der Waals surface area (Å²) in [5.74, 6) is -1.25. The molecule has 1 fully saturated rings. The second-order valence-electron chi connectivity index (χ2n) is 6.58. The molecule has 0 heterocycles. The van der Waals surface area contributed by atoms with Gasteiger partial charge in [0.2, 0.25) is 0 Å². The highest BCUT2D eigenvalue weighted by atomic mass is 19.1. The Bertz CT molecular complexity index is 521. The van der Waals surface area contributed by atoms with E-state index in [0.29, 0.717) is 12.0 Å². The van der Waals surface area contributed by atoms with Gasteiger partial charge in [0.25, 0.3) is 0 Å². The van der Waals surface area contributed by atoms with Crippen LogP contribution in [-0.2, 0) is 11.2 Å². The first kappa shape index (κ1) is 13.8. The molecule has 3 N–H and O–H groups in total. The summed E-state index contributed by atoms with van der Waals surface area (Å²) in [6.45, 7) is 6.08. The molecule has 3 nitrogen and oxygen atoms in total. The van der Waals surface area contributed by atoms with Crippen LogP contribution in [0.5, 0.6) is 0 Å². The molecule has 0 amide bonds. The molecule has 1 aromatic carbocycles. The summed E-state index contributed by atoms with van der Waals surface area (Å²) in [6.07, 6.45) is 0.807. The van der Waals surface area contributed by atoms with Crippen molar-refractivity contribution in [2.45, 2.75) is 33.6 Å². The van der Waals surface area contributed by atoms with E-state index in [1.807, 2.05) is 20.8 Å². The van der Waals surface area contributed by atoms with Crippen LogP contribution < -0.4 is 5.73 Å². The predicted molar refractivity (Wildman–Crippen MR) is 72.1 cm³/mol. The van der Waals surface area contributed by atoms with E-state index in [9.17, 15) is 14.3 Å². The molecule has 1 aliphatic rings. The Morgan fingerprint density at radius 2 is 2.16 bits per heavy atom. The molecule has 0 radical (unpaired) electrons. The molecule has 0 bridgehead atoms. The summed E-state index contributed by atoms with van der Waals surface area (Å²) >= 11 is 0. The second kappa shape index (κ2) is 4.22. The van der Waals surface area contributed by atoms with Crippen LogP contribution >= 0.6 is 0 Å². The number of nitrogens with two attached hydrogens (primary N) is 1. The molecule has 0 aromatic heterocycles. The Morgan fingerprint density at radius 1 is 1.53 bits per heavy atom. The van der Waals surface area contributed by atoms with E-state index in [0.717, 1.165) is 0 Å². The first-order chi connectivity index (χ1) is 8.68. The Balaban J connectivity index is 2.30. The largest absolute Gasteiger partial charge is 0.481 e. The van der Waals surface area contributed by atoms with Crippen molar-refractivity contribution in [2.24, 2.45) is 16.7 Å². The molecule has 2 rings (SSSR count). The van der Waals surface area contributed by atoms with Gasteiger partial charge in [-0.15, -0.1) is 0 Å². The summed E-state index contributed by atoms with van der Waals surface area (Å²) in [4.78, 5) is 11.6. The zero-order chi connectivity index (χ0) is 14.4. The van der Waals surface area contributed by atoms with E-state index in [1.54, 1.807) is 12.1 Å². The van der Waals surface area contributed by atoms with Crippen LogP contribution in [0.2, 0.25) is 0 Å². The third-order valence-electron chi connectivity index (χ3n) is 4.16. The number of aliphatic carboxylic acids is 1. The molecule has 1 aromatic rings. The molecular formula is C15H20FNO2. The van der Waals surface area contributed by atoms with Crippen molar-refractivity contribution in [3.05, 3.63) is 29.6 Å². The topological polar surface area (TPSA) is 63.3 Å². The molecule has 0 saturated heterocycles. The van der Waals surface area contributed by atoms with Crippen molar-refractivity contribution < 1.29 is 14.3 Å². The quantitative estimate of drug-likeness (QED) is 0.825. The second-order valence-corrected chi connectivity index (χ2v) is 6.58. The Morgan fingerprint density at radius 3 is 2.63 bits per heavy atom. The Kier molecular flexibility index (Phi) is 3.07. The van der Waals surface area contributed by atoms with Crippen LogP contribution in [-0.4, -0.2) is 11.1 Å².